The van der Waals surface area contributed by atoms with Gasteiger partial charge in [0, 0.05) is 12.3 Å². The Morgan fingerprint density at radius 2 is 2.00 bits per heavy atom. The van der Waals surface area contributed by atoms with Crippen LogP contribution in [0.15, 0.2) is 24.3 Å². The second-order valence-electron chi connectivity index (χ2n) is 5.66. The van der Waals surface area contributed by atoms with E-state index in [2.05, 4.69) is 12.2 Å². The maximum atomic E-state index is 11.4. The van der Waals surface area contributed by atoms with E-state index in [4.69, 9.17) is 4.74 Å². The van der Waals surface area contributed by atoms with Gasteiger partial charge in [-0.15, -0.1) is 0 Å². The highest BCUT2D eigenvalue weighted by molar-refractivity contribution is 7.90. The third-order valence-corrected chi connectivity index (χ3v) is 4.03. The second-order valence-corrected chi connectivity index (χ2v) is 7.92. The summed E-state index contributed by atoms with van der Waals surface area (Å²) in [6, 6.07) is 7.93. The Balaban J connectivity index is 2.85. The van der Waals surface area contributed by atoms with Gasteiger partial charge in [-0.05, 0) is 50.9 Å². The summed E-state index contributed by atoms with van der Waals surface area (Å²) in [5, 5.41) is 3.42. The van der Waals surface area contributed by atoms with Crippen LogP contribution in [-0.2, 0) is 9.84 Å². The largest absolute Gasteiger partial charge is 0.491 e. The molecule has 0 aliphatic heterocycles. The first-order valence-electron chi connectivity index (χ1n) is 7.49. The molecule has 21 heavy (non-hydrogen) atoms. The standard InChI is InChI=1S/C16H27NO3S/c1-5-10-17-16(9-11-21(4,18)19)14-7-6-8-15(12-14)20-13(2)3/h6-8,12-13,16-17H,5,9-11H2,1-4H3. The molecule has 0 saturated heterocycles. The van der Waals surface area contributed by atoms with Crippen LogP contribution in [0.1, 0.15) is 45.2 Å². The maximum Gasteiger partial charge on any atom is 0.147 e. The molecule has 5 heteroatoms. The van der Waals surface area contributed by atoms with E-state index in [0.717, 1.165) is 24.3 Å². The van der Waals surface area contributed by atoms with Crippen LogP contribution < -0.4 is 10.1 Å². The van der Waals surface area contributed by atoms with Crippen molar-refractivity contribution in [1.29, 1.82) is 0 Å². The fourth-order valence-corrected chi connectivity index (χ4v) is 2.78. The van der Waals surface area contributed by atoms with E-state index in [1.807, 2.05) is 38.1 Å². The number of ether oxygens (including phenoxy) is 1. The average Bonchev–Trinajstić information content (AvgIpc) is 2.37. The predicted octanol–water partition coefficient (Wildman–Crippen LogP) is 2.95. The minimum Gasteiger partial charge on any atom is -0.491 e. The second kappa shape index (κ2) is 8.39. The Morgan fingerprint density at radius 3 is 2.57 bits per heavy atom. The molecule has 120 valence electrons. The van der Waals surface area contributed by atoms with Crippen LogP contribution in [0.25, 0.3) is 0 Å². The molecule has 0 heterocycles. The molecule has 1 rings (SSSR count). The van der Waals surface area contributed by atoms with Crippen LogP contribution in [0.3, 0.4) is 0 Å². The SMILES string of the molecule is CCCNC(CCS(C)(=O)=O)c1cccc(OC(C)C)c1. The Hall–Kier alpha value is -1.07. The van der Waals surface area contributed by atoms with Gasteiger partial charge in [0.05, 0.1) is 11.9 Å². The highest BCUT2D eigenvalue weighted by Gasteiger charge is 2.14. The average molecular weight is 313 g/mol. The fraction of sp³-hybridized carbons (Fsp3) is 0.625. The van der Waals surface area contributed by atoms with E-state index < -0.39 is 9.84 Å². The molecule has 0 spiro atoms. The van der Waals surface area contributed by atoms with Crippen LogP contribution in [0.2, 0.25) is 0 Å². The molecule has 1 unspecified atom stereocenters. The van der Waals surface area contributed by atoms with Crippen molar-refractivity contribution in [3.8, 4) is 5.75 Å². The number of rotatable bonds is 9. The lowest BCUT2D eigenvalue weighted by atomic mass is 10.0. The van der Waals surface area contributed by atoms with Crippen molar-refractivity contribution >= 4 is 9.84 Å². The van der Waals surface area contributed by atoms with Crippen molar-refractivity contribution in [2.75, 3.05) is 18.6 Å². The van der Waals surface area contributed by atoms with Gasteiger partial charge in [-0.25, -0.2) is 8.42 Å². The highest BCUT2D eigenvalue weighted by atomic mass is 32.2. The number of hydrogen-bond acceptors (Lipinski definition) is 4. The molecule has 0 aliphatic rings. The van der Waals surface area contributed by atoms with Gasteiger partial charge in [0.15, 0.2) is 0 Å². The summed E-state index contributed by atoms with van der Waals surface area (Å²) < 4.78 is 28.5. The molecule has 0 saturated carbocycles. The third-order valence-electron chi connectivity index (χ3n) is 3.05. The smallest absolute Gasteiger partial charge is 0.147 e. The Kier molecular flexibility index (Phi) is 7.18. The summed E-state index contributed by atoms with van der Waals surface area (Å²) in [7, 11) is -2.95. The monoisotopic (exact) mass is 313 g/mol. The van der Waals surface area contributed by atoms with Gasteiger partial charge in [-0.2, -0.15) is 0 Å². The number of sulfone groups is 1. The summed E-state index contributed by atoms with van der Waals surface area (Å²) in [4.78, 5) is 0. The Morgan fingerprint density at radius 1 is 1.29 bits per heavy atom. The van der Waals surface area contributed by atoms with Crippen LogP contribution in [0.4, 0.5) is 0 Å². The van der Waals surface area contributed by atoms with Crippen LogP contribution in [-0.4, -0.2) is 33.1 Å². The van der Waals surface area contributed by atoms with E-state index in [-0.39, 0.29) is 17.9 Å². The minimum atomic E-state index is -2.95. The van der Waals surface area contributed by atoms with E-state index in [1.54, 1.807) is 0 Å². The number of hydrogen-bond donors (Lipinski definition) is 1. The zero-order valence-corrected chi connectivity index (χ0v) is 14.2. The van der Waals surface area contributed by atoms with Crippen molar-refractivity contribution in [1.82, 2.24) is 5.32 Å². The summed E-state index contributed by atoms with van der Waals surface area (Å²) in [6.45, 7) is 6.94. The molecule has 1 aromatic carbocycles. The summed E-state index contributed by atoms with van der Waals surface area (Å²) in [5.41, 5.74) is 1.07. The van der Waals surface area contributed by atoms with Crippen LogP contribution in [0, 0.1) is 0 Å². The topological polar surface area (TPSA) is 55.4 Å². The van der Waals surface area contributed by atoms with Gasteiger partial charge in [-0.1, -0.05) is 19.1 Å². The first-order chi connectivity index (χ1) is 9.81. The Labute approximate surface area is 128 Å². The molecule has 1 atom stereocenters. The quantitative estimate of drug-likeness (QED) is 0.761. The lowest BCUT2D eigenvalue weighted by Gasteiger charge is -2.20. The molecule has 1 aromatic rings. The van der Waals surface area contributed by atoms with E-state index in [1.165, 1.54) is 6.26 Å². The van der Waals surface area contributed by atoms with Crippen LogP contribution in [0.5, 0.6) is 5.75 Å². The molecule has 0 radical (unpaired) electrons. The van der Waals surface area contributed by atoms with Gasteiger partial charge >= 0.3 is 0 Å². The first kappa shape index (κ1) is 18.0. The molecular weight excluding hydrogens is 286 g/mol. The third kappa shape index (κ3) is 7.48. The highest BCUT2D eigenvalue weighted by Crippen LogP contribution is 2.23. The molecule has 1 N–H and O–H groups in total. The van der Waals surface area contributed by atoms with E-state index in [0.29, 0.717) is 6.42 Å². The predicted molar refractivity (Wildman–Crippen MR) is 87.6 cm³/mol. The number of benzene rings is 1. The molecule has 0 fully saturated rings. The van der Waals surface area contributed by atoms with Gasteiger partial charge in [0.25, 0.3) is 0 Å². The molecule has 4 nitrogen and oxygen atoms in total. The fourth-order valence-electron chi connectivity index (χ4n) is 2.11. The van der Waals surface area contributed by atoms with Crippen molar-refractivity contribution in [2.45, 2.75) is 45.8 Å². The number of nitrogens with one attached hydrogen (secondary N) is 1. The van der Waals surface area contributed by atoms with E-state index >= 15 is 0 Å². The van der Waals surface area contributed by atoms with Crippen molar-refractivity contribution in [3.63, 3.8) is 0 Å². The lowest BCUT2D eigenvalue weighted by molar-refractivity contribution is 0.242. The normalized spacial score (nSPS) is 13.4. The zero-order valence-electron chi connectivity index (χ0n) is 13.4. The first-order valence-corrected chi connectivity index (χ1v) is 9.55. The summed E-state index contributed by atoms with van der Waals surface area (Å²) >= 11 is 0. The van der Waals surface area contributed by atoms with Gasteiger partial charge in [-0.3, -0.25) is 0 Å². The summed E-state index contributed by atoms with van der Waals surface area (Å²) in [6.07, 6.45) is 2.99. The van der Waals surface area contributed by atoms with Crippen LogP contribution >= 0.6 is 0 Å². The van der Waals surface area contributed by atoms with Gasteiger partial charge in [0.2, 0.25) is 0 Å². The molecule has 0 aliphatic carbocycles. The Bertz CT molecular complexity index is 526. The van der Waals surface area contributed by atoms with Crippen molar-refractivity contribution < 1.29 is 13.2 Å². The zero-order chi connectivity index (χ0) is 15.9. The lowest BCUT2D eigenvalue weighted by Crippen LogP contribution is -2.24. The molecular formula is C16H27NO3S. The molecule has 0 amide bonds. The molecule has 0 aromatic heterocycles. The van der Waals surface area contributed by atoms with Crippen molar-refractivity contribution in [2.24, 2.45) is 0 Å². The maximum absolute atomic E-state index is 11.4. The van der Waals surface area contributed by atoms with Gasteiger partial charge in [0.1, 0.15) is 15.6 Å². The summed E-state index contributed by atoms with van der Waals surface area (Å²) in [5.74, 6) is 1.01. The van der Waals surface area contributed by atoms with E-state index in [9.17, 15) is 8.42 Å². The minimum absolute atomic E-state index is 0.0374. The van der Waals surface area contributed by atoms with Crippen molar-refractivity contribution in [3.05, 3.63) is 29.8 Å². The molecule has 0 bridgehead atoms. The van der Waals surface area contributed by atoms with Gasteiger partial charge < -0.3 is 10.1 Å².